The van der Waals surface area contributed by atoms with Crippen LogP contribution in [0.2, 0.25) is 0 Å². The molecule has 0 saturated carbocycles. The van der Waals surface area contributed by atoms with E-state index < -0.39 is 0 Å². The van der Waals surface area contributed by atoms with E-state index in [-0.39, 0.29) is 11.7 Å². The molecule has 1 aliphatic rings. The monoisotopic (exact) mass is 459 g/mol. The molecule has 1 amide bonds. The van der Waals surface area contributed by atoms with Gasteiger partial charge in [-0.05, 0) is 18.8 Å². The Labute approximate surface area is 189 Å². The minimum Gasteiger partial charge on any atom is -0.497 e. The minimum absolute atomic E-state index is 0.137. The average Bonchev–Trinajstić information content (AvgIpc) is 3.22. The number of carbonyl (C=O) groups is 1. The number of ether oxygens (including phenoxy) is 2. The van der Waals surface area contributed by atoms with Crippen molar-refractivity contribution in [3.05, 3.63) is 24.5 Å². The third kappa shape index (κ3) is 5.19. The molecule has 0 radical (unpaired) electrons. The smallest absolute Gasteiger partial charge is 0.234 e. The lowest BCUT2D eigenvalue weighted by atomic mass is 10.0. The van der Waals surface area contributed by atoms with Gasteiger partial charge in [0, 0.05) is 37.0 Å². The second-order valence-corrected chi connectivity index (χ2v) is 9.40. The first-order chi connectivity index (χ1) is 15.1. The number of anilines is 2. The number of methoxy groups -OCH3 is 2. The van der Waals surface area contributed by atoms with Gasteiger partial charge in [-0.25, -0.2) is 9.97 Å². The average molecular weight is 460 g/mol. The Morgan fingerprint density at radius 1 is 1.26 bits per heavy atom. The Balaban J connectivity index is 1.44. The van der Waals surface area contributed by atoms with Gasteiger partial charge in [-0.2, -0.15) is 4.98 Å². The molecule has 3 aromatic rings. The molecule has 8 nitrogen and oxygen atoms in total. The maximum atomic E-state index is 12.5. The maximum Gasteiger partial charge on any atom is 0.234 e. The molecule has 10 heteroatoms. The highest BCUT2D eigenvalue weighted by Gasteiger charge is 2.21. The van der Waals surface area contributed by atoms with Gasteiger partial charge in [0.15, 0.2) is 10.8 Å². The number of aromatic nitrogens is 3. The van der Waals surface area contributed by atoms with Crippen molar-refractivity contribution in [1.29, 1.82) is 0 Å². The summed E-state index contributed by atoms with van der Waals surface area (Å²) >= 11 is 2.99. The summed E-state index contributed by atoms with van der Waals surface area (Å²) in [5.41, 5.74) is 1.31. The summed E-state index contributed by atoms with van der Waals surface area (Å²) in [6.07, 6.45) is 3.95. The summed E-state index contributed by atoms with van der Waals surface area (Å²) in [5, 5.41) is 4.65. The number of rotatable bonds is 7. The van der Waals surface area contributed by atoms with Crippen molar-refractivity contribution in [3.63, 3.8) is 0 Å². The molecule has 1 atom stereocenters. The first kappa shape index (κ1) is 21.6. The molecule has 1 saturated heterocycles. The van der Waals surface area contributed by atoms with Crippen LogP contribution in [0.15, 0.2) is 29.6 Å². The van der Waals surface area contributed by atoms with E-state index in [2.05, 4.69) is 27.1 Å². The highest BCUT2D eigenvalue weighted by Crippen LogP contribution is 2.35. The number of hydrogen-bond donors (Lipinski definition) is 1. The van der Waals surface area contributed by atoms with Gasteiger partial charge >= 0.3 is 0 Å². The Morgan fingerprint density at radius 3 is 2.74 bits per heavy atom. The van der Waals surface area contributed by atoms with Crippen LogP contribution >= 0.6 is 23.1 Å². The number of nitrogens with one attached hydrogen (secondary N) is 1. The zero-order valence-electron chi connectivity index (χ0n) is 17.8. The Morgan fingerprint density at radius 2 is 2.03 bits per heavy atom. The van der Waals surface area contributed by atoms with Crippen molar-refractivity contribution in [2.24, 2.45) is 5.92 Å². The standard InChI is InChI=1S/C21H25N5O3S2/c1-13-5-4-6-26(10-13)21-25-19-18(31-21)20(23-12-22-19)30-11-17(27)24-14-7-15(28-2)9-16(8-14)29-3/h7-9,12-13H,4-6,10-11H2,1-3H3,(H,24,27)/t13-/m1/s1. The number of piperidine rings is 1. The fourth-order valence-corrected chi connectivity index (χ4v) is 5.46. The van der Waals surface area contributed by atoms with Gasteiger partial charge in [-0.1, -0.05) is 30.0 Å². The first-order valence-electron chi connectivity index (χ1n) is 10.1. The van der Waals surface area contributed by atoms with Gasteiger partial charge in [0.25, 0.3) is 0 Å². The van der Waals surface area contributed by atoms with Crippen LogP contribution in [0.4, 0.5) is 10.8 Å². The van der Waals surface area contributed by atoms with Crippen LogP contribution in [-0.2, 0) is 4.79 Å². The molecular weight excluding hydrogens is 434 g/mol. The van der Waals surface area contributed by atoms with Crippen molar-refractivity contribution < 1.29 is 14.3 Å². The SMILES string of the molecule is COc1cc(NC(=O)CSc2ncnc3nc(N4CCC[C@@H](C)C4)sc23)cc(OC)c1. The van der Waals surface area contributed by atoms with Gasteiger partial charge in [-0.3, -0.25) is 4.79 Å². The lowest BCUT2D eigenvalue weighted by molar-refractivity contribution is -0.113. The quantitative estimate of drug-likeness (QED) is 0.418. The van der Waals surface area contributed by atoms with Crippen LogP contribution in [-0.4, -0.2) is 53.9 Å². The molecule has 1 aromatic carbocycles. The summed E-state index contributed by atoms with van der Waals surface area (Å²) < 4.78 is 11.4. The third-order valence-corrected chi connectivity index (χ3v) is 7.28. The normalized spacial score (nSPS) is 16.4. The van der Waals surface area contributed by atoms with Crippen LogP contribution < -0.4 is 19.7 Å². The van der Waals surface area contributed by atoms with Gasteiger partial charge in [0.05, 0.1) is 20.0 Å². The number of thioether (sulfide) groups is 1. The fraction of sp³-hybridized carbons (Fsp3) is 0.429. The topological polar surface area (TPSA) is 89.5 Å². The summed E-state index contributed by atoms with van der Waals surface area (Å²) in [6, 6.07) is 5.26. The molecule has 0 aliphatic carbocycles. The largest absolute Gasteiger partial charge is 0.497 e. The summed E-state index contributed by atoms with van der Waals surface area (Å²) in [4.78, 5) is 28.3. The van der Waals surface area contributed by atoms with Crippen LogP contribution in [0.25, 0.3) is 10.3 Å². The zero-order chi connectivity index (χ0) is 21.8. The summed E-state index contributed by atoms with van der Waals surface area (Å²) in [5.74, 6) is 1.98. The number of hydrogen-bond acceptors (Lipinski definition) is 9. The van der Waals surface area contributed by atoms with Crippen molar-refractivity contribution in [2.75, 3.05) is 43.3 Å². The molecule has 1 aliphatic heterocycles. The number of carbonyl (C=O) groups excluding carboxylic acids is 1. The van der Waals surface area contributed by atoms with Crippen molar-refractivity contribution in [3.8, 4) is 11.5 Å². The number of benzene rings is 1. The molecule has 0 unspecified atom stereocenters. The van der Waals surface area contributed by atoms with Crippen molar-refractivity contribution in [1.82, 2.24) is 15.0 Å². The number of thiazole rings is 1. The molecule has 4 rings (SSSR count). The number of fused-ring (bicyclic) bond motifs is 1. The van der Waals surface area contributed by atoms with E-state index in [1.165, 1.54) is 30.9 Å². The zero-order valence-corrected chi connectivity index (χ0v) is 19.4. The van der Waals surface area contributed by atoms with E-state index in [0.29, 0.717) is 28.8 Å². The van der Waals surface area contributed by atoms with Crippen molar-refractivity contribution in [2.45, 2.75) is 24.8 Å². The predicted molar refractivity (Wildman–Crippen MR) is 125 cm³/mol. The van der Waals surface area contributed by atoms with Crippen LogP contribution in [0, 0.1) is 5.92 Å². The second kappa shape index (κ2) is 9.69. The molecule has 31 heavy (non-hydrogen) atoms. The maximum absolute atomic E-state index is 12.5. The van der Waals surface area contributed by atoms with E-state index >= 15 is 0 Å². The Kier molecular flexibility index (Phi) is 6.77. The van der Waals surface area contributed by atoms with Crippen LogP contribution in [0.1, 0.15) is 19.8 Å². The number of amides is 1. The van der Waals surface area contributed by atoms with E-state index in [4.69, 9.17) is 14.5 Å². The highest BCUT2D eigenvalue weighted by atomic mass is 32.2. The summed E-state index contributed by atoms with van der Waals surface area (Å²) in [6.45, 7) is 4.31. The van der Waals surface area contributed by atoms with Crippen LogP contribution in [0.3, 0.4) is 0 Å². The second-order valence-electron chi connectivity index (χ2n) is 7.46. The van der Waals surface area contributed by atoms with E-state index in [0.717, 1.165) is 27.9 Å². The van der Waals surface area contributed by atoms with E-state index in [9.17, 15) is 4.79 Å². The van der Waals surface area contributed by atoms with Gasteiger partial charge in [0.2, 0.25) is 5.91 Å². The van der Waals surface area contributed by atoms with Crippen LogP contribution in [0.5, 0.6) is 11.5 Å². The molecule has 2 aromatic heterocycles. The third-order valence-electron chi connectivity index (χ3n) is 5.05. The van der Waals surface area contributed by atoms with Gasteiger partial charge < -0.3 is 19.7 Å². The molecular formula is C21H25N5O3S2. The Bertz CT molecular complexity index is 1050. The minimum atomic E-state index is -0.137. The molecule has 164 valence electrons. The summed E-state index contributed by atoms with van der Waals surface area (Å²) in [7, 11) is 3.15. The lowest BCUT2D eigenvalue weighted by Gasteiger charge is -2.30. The lowest BCUT2D eigenvalue weighted by Crippen LogP contribution is -2.34. The molecule has 0 bridgehead atoms. The molecule has 0 spiro atoms. The van der Waals surface area contributed by atoms with E-state index in [1.807, 2.05) is 0 Å². The van der Waals surface area contributed by atoms with Gasteiger partial charge in [0.1, 0.15) is 27.6 Å². The highest BCUT2D eigenvalue weighted by molar-refractivity contribution is 8.00. The Hall–Kier alpha value is -2.59. The first-order valence-corrected chi connectivity index (χ1v) is 11.9. The predicted octanol–water partition coefficient (Wildman–Crippen LogP) is 4.07. The molecule has 1 N–H and O–H groups in total. The van der Waals surface area contributed by atoms with Gasteiger partial charge in [-0.15, -0.1) is 0 Å². The number of nitrogens with zero attached hydrogens (tertiary/aromatic N) is 4. The molecule has 1 fully saturated rings. The van der Waals surface area contributed by atoms with Crippen molar-refractivity contribution >= 4 is 50.2 Å². The fourth-order valence-electron chi connectivity index (χ4n) is 3.53. The van der Waals surface area contributed by atoms with E-state index in [1.54, 1.807) is 43.8 Å². The molecule has 3 heterocycles.